The fourth-order valence-electron chi connectivity index (χ4n) is 1.94. The predicted molar refractivity (Wildman–Crippen MR) is 74.3 cm³/mol. The molecule has 0 heterocycles. The third-order valence-corrected chi connectivity index (χ3v) is 2.77. The van der Waals surface area contributed by atoms with Gasteiger partial charge in [-0.2, -0.15) is 15.0 Å². The van der Waals surface area contributed by atoms with Gasteiger partial charge in [-0.25, -0.2) is 19.2 Å². The average Bonchev–Trinajstić information content (AvgIpc) is 2.48. The second-order valence-corrected chi connectivity index (χ2v) is 3.97. The number of hydrogen-bond donors (Lipinski definition) is 1. The zero-order valence-electron chi connectivity index (χ0n) is 10.7. The first-order chi connectivity index (χ1) is 10.6. The van der Waals surface area contributed by atoms with Crippen LogP contribution in [0.2, 0.25) is 0 Å². The van der Waals surface area contributed by atoms with Crippen LogP contribution in [0.3, 0.4) is 0 Å². The summed E-state index contributed by atoms with van der Waals surface area (Å²) in [6, 6.07) is 5.18. The summed E-state index contributed by atoms with van der Waals surface area (Å²) in [5, 5.41) is 9.81. The minimum absolute atomic E-state index is 0.00872. The van der Waals surface area contributed by atoms with Crippen LogP contribution in [-0.2, 0) is 14.4 Å². The van der Waals surface area contributed by atoms with Gasteiger partial charge in [-0.3, -0.25) is 0 Å². The van der Waals surface area contributed by atoms with E-state index in [9.17, 15) is 24.3 Å². The van der Waals surface area contributed by atoms with Crippen molar-refractivity contribution < 1.29 is 24.3 Å². The van der Waals surface area contributed by atoms with Gasteiger partial charge in [-0.05, 0) is 35.0 Å². The van der Waals surface area contributed by atoms with Crippen LogP contribution in [0.15, 0.2) is 39.2 Å². The van der Waals surface area contributed by atoms with E-state index in [1.165, 1.54) is 42.5 Å². The summed E-state index contributed by atoms with van der Waals surface area (Å²) in [5.41, 5.74) is -0.0996. The van der Waals surface area contributed by atoms with Crippen molar-refractivity contribution in [1.29, 1.82) is 0 Å². The van der Waals surface area contributed by atoms with Crippen molar-refractivity contribution in [3.8, 4) is 0 Å². The van der Waals surface area contributed by atoms with E-state index < -0.39 is 5.97 Å². The van der Waals surface area contributed by atoms with E-state index in [0.717, 1.165) is 0 Å². The minimum atomic E-state index is -1.26. The third kappa shape index (κ3) is 2.75. The number of carbonyl (C=O) groups excluding carboxylic acids is 3. The van der Waals surface area contributed by atoms with E-state index in [0.29, 0.717) is 5.39 Å². The summed E-state index contributed by atoms with van der Waals surface area (Å²) >= 11 is 0. The normalized spacial score (nSPS) is 9.27. The van der Waals surface area contributed by atoms with Gasteiger partial charge in [0.1, 0.15) is 11.4 Å². The summed E-state index contributed by atoms with van der Waals surface area (Å²) in [6.07, 6.45) is 3.92. The molecule has 0 aromatic heterocycles. The first-order valence-electron chi connectivity index (χ1n) is 5.69. The van der Waals surface area contributed by atoms with Crippen LogP contribution in [0.5, 0.6) is 0 Å². The topological polar surface area (TPSA) is 126 Å². The standard InChI is InChI=1S/C14H5N3O5/c18-5-15-9-1-8-2-12(16-6-19)13(17-7-20)4-10(8)11(3-9)14(21)22/h1-4H,(H,21,22). The van der Waals surface area contributed by atoms with Gasteiger partial charge >= 0.3 is 5.97 Å². The molecule has 0 atom stereocenters. The summed E-state index contributed by atoms with van der Waals surface area (Å²) in [6.45, 7) is 0. The van der Waals surface area contributed by atoms with E-state index in [2.05, 4.69) is 15.0 Å². The average molecular weight is 295 g/mol. The van der Waals surface area contributed by atoms with Gasteiger partial charge in [-0.1, -0.05) is 0 Å². The number of carboxylic acid groups (broad SMARTS) is 1. The Kier molecular flexibility index (Phi) is 4.13. The second-order valence-electron chi connectivity index (χ2n) is 3.97. The molecule has 0 saturated carbocycles. The Labute approximate surface area is 122 Å². The lowest BCUT2D eigenvalue weighted by Crippen LogP contribution is -1.97. The Bertz CT molecular complexity index is 931. The summed E-state index contributed by atoms with van der Waals surface area (Å²) in [5.74, 6) is -1.26. The third-order valence-electron chi connectivity index (χ3n) is 2.77. The van der Waals surface area contributed by atoms with Crippen molar-refractivity contribution in [1.82, 2.24) is 0 Å². The molecule has 0 amide bonds. The fourth-order valence-corrected chi connectivity index (χ4v) is 1.94. The largest absolute Gasteiger partial charge is 0.478 e. The maximum Gasteiger partial charge on any atom is 0.336 e. The van der Waals surface area contributed by atoms with Crippen LogP contribution >= 0.6 is 0 Å². The molecule has 1 N–H and O–H groups in total. The van der Waals surface area contributed by atoms with E-state index in [4.69, 9.17) is 0 Å². The molecule has 2 aromatic carbocycles. The fraction of sp³-hybridized carbons (Fsp3) is 0. The van der Waals surface area contributed by atoms with Crippen molar-refractivity contribution in [3.05, 3.63) is 29.8 Å². The molecule has 0 saturated heterocycles. The maximum absolute atomic E-state index is 11.3. The lowest BCUT2D eigenvalue weighted by atomic mass is 10.0. The minimum Gasteiger partial charge on any atom is -0.478 e. The molecular weight excluding hydrogens is 290 g/mol. The lowest BCUT2D eigenvalue weighted by molar-refractivity contribution is 0.0699. The Balaban J connectivity index is 2.95. The highest BCUT2D eigenvalue weighted by atomic mass is 16.4. The Morgan fingerprint density at radius 2 is 1.45 bits per heavy atom. The molecule has 2 aromatic rings. The van der Waals surface area contributed by atoms with Gasteiger partial charge in [0.2, 0.25) is 18.2 Å². The molecule has 106 valence electrons. The van der Waals surface area contributed by atoms with E-state index in [1.54, 1.807) is 0 Å². The van der Waals surface area contributed by atoms with Gasteiger partial charge in [0, 0.05) is 0 Å². The van der Waals surface area contributed by atoms with Crippen molar-refractivity contribution in [2.24, 2.45) is 15.0 Å². The van der Waals surface area contributed by atoms with Crippen LogP contribution in [0.1, 0.15) is 10.4 Å². The van der Waals surface area contributed by atoms with Crippen molar-refractivity contribution >= 4 is 52.0 Å². The lowest BCUT2D eigenvalue weighted by Gasteiger charge is -2.06. The van der Waals surface area contributed by atoms with Crippen molar-refractivity contribution in [2.45, 2.75) is 0 Å². The number of aliphatic imine (C=N–C) groups is 3. The van der Waals surface area contributed by atoms with Gasteiger partial charge in [-0.15, -0.1) is 0 Å². The molecular formula is C14H5N3O5. The van der Waals surface area contributed by atoms with Crippen LogP contribution in [0.4, 0.5) is 17.1 Å². The maximum atomic E-state index is 11.3. The molecule has 22 heavy (non-hydrogen) atoms. The van der Waals surface area contributed by atoms with Crippen molar-refractivity contribution in [2.75, 3.05) is 0 Å². The van der Waals surface area contributed by atoms with E-state index in [-0.39, 0.29) is 28.0 Å². The molecule has 0 aliphatic carbocycles. The zero-order chi connectivity index (χ0) is 16.1. The summed E-state index contributed by atoms with van der Waals surface area (Å²) < 4.78 is 0. The first kappa shape index (κ1) is 14.7. The summed E-state index contributed by atoms with van der Waals surface area (Å²) in [4.78, 5) is 52.6. The molecule has 0 fully saturated rings. The number of carbonyl (C=O) groups is 1. The number of aromatic carboxylic acids is 1. The van der Waals surface area contributed by atoms with E-state index in [1.807, 2.05) is 0 Å². The molecule has 2 rings (SSSR count). The molecule has 8 heteroatoms. The first-order valence-corrected chi connectivity index (χ1v) is 5.69. The predicted octanol–water partition coefficient (Wildman–Crippen LogP) is 2.44. The van der Waals surface area contributed by atoms with Crippen LogP contribution in [0.25, 0.3) is 10.8 Å². The molecule has 0 radical (unpaired) electrons. The quantitative estimate of drug-likeness (QED) is 0.684. The Hall–Kier alpha value is -3.69. The van der Waals surface area contributed by atoms with Crippen molar-refractivity contribution in [3.63, 3.8) is 0 Å². The number of rotatable bonds is 4. The second kappa shape index (κ2) is 6.17. The molecule has 0 bridgehead atoms. The molecule has 0 spiro atoms. The Morgan fingerprint density at radius 3 is 2.00 bits per heavy atom. The highest BCUT2D eigenvalue weighted by Crippen LogP contribution is 2.36. The zero-order valence-corrected chi connectivity index (χ0v) is 10.7. The molecule has 0 aliphatic rings. The number of benzene rings is 2. The molecule has 8 nitrogen and oxygen atoms in total. The summed E-state index contributed by atoms with van der Waals surface area (Å²) in [7, 11) is 0. The SMILES string of the molecule is O=C=Nc1cc(C(=O)O)c2cc(N=C=O)c(N=C=O)cc2c1. The number of hydrogen-bond acceptors (Lipinski definition) is 7. The van der Waals surface area contributed by atoms with Crippen LogP contribution < -0.4 is 0 Å². The molecule has 0 unspecified atom stereocenters. The van der Waals surface area contributed by atoms with Gasteiger partial charge in [0.05, 0.1) is 11.3 Å². The van der Waals surface area contributed by atoms with Gasteiger partial charge in [0.25, 0.3) is 0 Å². The monoisotopic (exact) mass is 295 g/mol. The van der Waals surface area contributed by atoms with Crippen LogP contribution in [-0.4, -0.2) is 29.3 Å². The Morgan fingerprint density at radius 1 is 0.864 bits per heavy atom. The van der Waals surface area contributed by atoms with E-state index >= 15 is 0 Å². The number of nitrogens with zero attached hydrogens (tertiary/aromatic N) is 3. The number of isocyanates is 3. The number of fused-ring (bicyclic) bond motifs is 1. The van der Waals surface area contributed by atoms with Crippen LogP contribution in [0, 0.1) is 0 Å². The smallest absolute Gasteiger partial charge is 0.336 e. The van der Waals surface area contributed by atoms with Gasteiger partial charge < -0.3 is 5.11 Å². The molecule has 0 aliphatic heterocycles. The van der Waals surface area contributed by atoms with Gasteiger partial charge in [0.15, 0.2) is 0 Å². The number of carboxylic acids is 1. The highest BCUT2D eigenvalue weighted by Gasteiger charge is 2.14. The highest BCUT2D eigenvalue weighted by molar-refractivity contribution is 6.07.